The quantitative estimate of drug-likeness (QED) is 0.770. The minimum absolute atomic E-state index is 0.373. The number of rotatable bonds is 2. The first-order valence-corrected chi connectivity index (χ1v) is 5.13. The van der Waals surface area contributed by atoms with E-state index < -0.39 is 0 Å². The molecule has 1 saturated carbocycles. The molecular weight excluding hydrogens is 194 g/mol. The highest BCUT2D eigenvalue weighted by molar-refractivity contribution is 7.14. The highest BCUT2D eigenvalue weighted by atomic mass is 35.5. The van der Waals surface area contributed by atoms with Crippen molar-refractivity contribution in [3.8, 4) is 0 Å². The molecule has 0 aliphatic heterocycles. The minimum Gasteiger partial charge on any atom is -0.359 e. The highest BCUT2D eigenvalue weighted by Gasteiger charge is 2.26. The Hall–Kier alpha value is -0.320. The Bertz CT molecular complexity index is 269. The van der Waals surface area contributed by atoms with Gasteiger partial charge in [-0.25, -0.2) is 4.98 Å². The van der Waals surface area contributed by atoms with Crippen LogP contribution in [0.15, 0.2) is 5.38 Å². The predicted molar refractivity (Wildman–Crippen MR) is 51.7 cm³/mol. The third kappa shape index (κ3) is 1.71. The monoisotopic (exact) mass is 203 g/mol. The van der Waals surface area contributed by atoms with E-state index in [4.69, 9.17) is 17.3 Å². The first-order valence-electron chi connectivity index (χ1n) is 3.87. The van der Waals surface area contributed by atoms with E-state index >= 15 is 0 Å². The predicted octanol–water partition coefficient (Wildman–Crippen LogP) is 1.70. The summed E-state index contributed by atoms with van der Waals surface area (Å²) in [6.07, 6.45) is 2.08. The Kier molecular flexibility index (Phi) is 2.21. The van der Waals surface area contributed by atoms with Crippen LogP contribution in [0.5, 0.6) is 0 Å². The lowest BCUT2D eigenvalue weighted by Gasteiger charge is -2.32. The Morgan fingerprint density at radius 1 is 1.67 bits per heavy atom. The summed E-state index contributed by atoms with van der Waals surface area (Å²) in [6, 6.07) is 0.875. The molecule has 0 amide bonds. The Morgan fingerprint density at radius 3 is 2.92 bits per heavy atom. The molecule has 0 aromatic carbocycles. The van der Waals surface area contributed by atoms with Crippen LogP contribution in [0.4, 0.5) is 5.13 Å². The van der Waals surface area contributed by atoms with Gasteiger partial charge < -0.3 is 11.1 Å². The fourth-order valence-electron chi connectivity index (χ4n) is 1.27. The molecule has 0 spiro atoms. The van der Waals surface area contributed by atoms with Crippen LogP contribution in [-0.2, 0) is 0 Å². The fraction of sp³-hybridized carbons (Fsp3) is 0.571. The van der Waals surface area contributed by atoms with Gasteiger partial charge in [-0.05, 0) is 12.8 Å². The molecule has 0 atom stereocenters. The smallest absolute Gasteiger partial charge is 0.184 e. The molecule has 1 aliphatic rings. The fourth-order valence-corrected chi connectivity index (χ4v) is 2.19. The SMILES string of the molecule is NC1CC(Nc2nc(Cl)cs2)C1. The van der Waals surface area contributed by atoms with E-state index in [2.05, 4.69) is 10.3 Å². The Balaban J connectivity index is 1.88. The number of nitrogens with two attached hydrogens (primary N) is 1. The molecule has 1 fully saturated rings. The van der Waals surface area contributed by atoms with Crippen molar-refractivity contribution >= 4 is 28.1 Å². The second-order valence-electron chi connectivity index (χ2n) is 3.05. The van der Waals surface area contributed by atoms with Crippen molar-refractivity contribution in [3.63, 3.8) is 0 Å². The number of halogens is 1. The summed E-state index contributed by atoms with van der Waals surface area (Å²) in [4.78, 5) is 4.09. The molecule has 0 bridgehead atoms. The zero-order valence-corrected chi connectivity index (χ0v) is 8.03. The molecule has 1 aromatic rings. The molecule has 1 aromatic heterocycles. The van der Waals surface area contributed by atoms with E-state index in [9.17, 15) is 0 Å². The Labute approximate surface area is 79.9 Å². The third-order valence-corrected chi connectivity index (χ3v) is 3.07. The van der Waals surface area contributed by atoms with Gasteiger partial charge >= 0.3 is 0 Å². The Morgan fingerprint density at radius 2 is 2.42 bits per heavy atom. The average Bonchev–Trinajstić information content (AvgIpc) is 2.33. The molecule has 1 heterocycles. The molecule has 3 N–H and O–H groups in total. The molecule has 2 rings (SSSR count). The lowest BCUT2D eigenvalue weighted by Crippen LogP contribution is -2.44. The zero-order chi connectivity index (χ0) is 8.55. The van der Waals surface area contributed by atoms with Crippen LogP contribution < -0.4 is 11.1 Å². The van der Waals surface area contributed by atoms with Crippen molar-refractivity contribution < 1.29 is 0 Å². The molecule has 0 radical (unpaired) electrons. The highest BCUT2D eigenvalue weighted by Crippen LogP contribution is 2.25. The molecule has 1 aliphatic carbocycles. The summed E-state index contributed by atoms with van der Waals surface area (Å²) in [6.45, 7) is 0. The normalized spacial score (nSPS) is 28.2. The van der Waals surface area contributed by atoms with Gasteiger partial charge in [0, 0.05) is 17.5 Å². The maximum atomic E-state index is 5.67. The van der Waals surface area contributed by atoms with Gasteiger partial charge in [0.05, 0.1) is 0 Å². The van der Waals surface area contributed by atoms with Crippen LogP contribution in [0.25, 0.3) is 0 Å². The van der Waals surface area contributed by atoms with Crippen LogP contribution in [0, 0.1) is 0 Å². The van der Waals surface area contributed by atoms with Crippen LogP contribution in [0.2, 0.25) is 5.15 Å². The second-order valence-corrected chi connectivity index (χ2v) is 4.29. The van der Waals surface area contributed by atoms with Crippen LogP contribution in [-0.4, -0.2) is 17.1 Å². The summed E-state index contributed by atoms with van der Waals surface area (Å²) in [7, 11) is 0. The molecule has 3 nitrogen and oxygen atoms in total. The number of anilines is 1. The van der Waals surface area contributed by atoms with Gasteiger partial charge in [0.1, 0.15) is 5.15 Å². The molecule has 12 heavy (non-hydrogen) atoms. The van der Waals surface area contributed by atoms with E-state index in [1.54, 1.807) is 0 Å². The van der Waals surface area contributed by atoms with Gasteiger partial charge in [-0.15, -0.1) is 11.3 Å². The van der Waals surface area contributed by atoms with Gasteiger partial charge in [-0.3, -0.25) is 0 Å². The van der Waals surface area contributed by atoms with Crippen molar-refractivity contribution in [1.29, 1.82) is 0 Å². The van der Waals surface area contributed by atoms with Crippen molar-refractivity contribution in [1.82, 2.24) is 4.98 Å². The van der Waals surface area contributed by atoms with E-state index in [-0.39, 0.29) is 0 Å². The average molecular weight is 204 g/mol. The number of hydrogen-bond acceptors (Lipinski definition) is 4. The van der Waals surface area contributed by atoms with Gasteiger partial charge in [-0.1, -0.05) is 11.6 Å². The van der Waals surface area contributed by atoms with E-state index in [0.717, 1.165) is 18.0 Å². The van der Waals surface area contributed by atoms with Crippen molar-refractivity contribution in [2.75, 3.05) is 5.32 Å². The van der Waals surface area contributed by atoms with E-state index in [0.29, 0.717) is 17.2 Å². The molecule has 66 valence electrons. The summed E-state index contributed by atoms with van der Waals surface area (Å²) in [5.41, 5.74) is 5.64. The molecule has 0 unspecified atom stereocenters. The van der Waals surface area contributed by atoms with E-state index in [1.807, 2.05) is 5.38 Å². The first-order chi connectivity index (χ1) is 5.74. The molecule has 0 saturated heterocycles. The largest absolute Gasteiger partial charge is 0.359 e. The van der Waals surface area contributed by atoms with Gasteiger partial charge in [-0.2, -0.15) is 0 Å². The number of thiazole rings is 1. The number of hydrogen-bond donors (Lipinski definition) is 2. The maximum Gasteiger partial charge on any atom is 0.184 e. The van der Waals surface area contributed by atoms with Crippen LogP contribution in [0.3, 0.4) is 0 Å². The lowest BCUT2D eigenvalue weighted by molar-refractivity contribution is 0.373. The van der Waals surface area contributed by atoms with Gasteiger partial charge in [0.15, 0.2) is 5.13 Å². The molecular formula is C7H10ClN3S. The topological polar surface area (TPSA) is 50.9 Å². The summed E-state index contributed by atoms with van der Waals surface area (Å²) in [5, 5.41) is 6.56. The second kappa shape index (κ2) is 3.20. The van der Waals surface area contributed by atoms with Gasteiger partial charge in [0.2, 0.25) is 0 Å². The van der Waals surface area contributed by atoms with Crippen molar-refractivity contribution in [2.45, 2.75) is 24.9 Å². The molecule has 5 heteroatoms. The summed E-state index contributed by atoms with van der Waals surface area (Å²) < 4.78 is 0. The number of nitrogens with zero attached hydrogens (tertiary/aromatic N) is 1. The number of nitrogens with one attached hydrogen (secondary N) is 1. The standard InChI is InChI=1S/C7H10ClN3S/c8-6-3-12-7(11-6)10-5-1-4(9)2-5/h3-5H,1-2,9H2,(H,10,11). The number of aromatic nitrogens is 1. The first kappa shape index (κ1) is 8.29. The lowest BCUT2D eigenvalue weighted by atomic mass is 9.88. The van der Waals surface area contributed by atoms with Crippen LogP contribution >= 0.6 is 22.9 Å². The van der Waals surface area contributed by atoms with Gasteiger partial charge in [0.25, 0.3) is 0 Å². The summed E-state index contributed by atoms with van der Waals surface area (Å²) in [5.74, 6) is 0. The van der Waals surface area contributed by atoms with Crippen molar-refractivity contribution in [3.05, 3.63) is 10.5 Å². The summed E-state index contributed by atoms with van der Waals surface area (Å²) >= 11 is 7.20. The third-order valence-electron chi connectivity index (χ3n) is 1.98. The van der Waals surface area contributed by atoms with Crippen molar-refractivity contribution in [2.24, 2.45) is 5.73 Å². The maximum absolute atomic E-state index is 5.67. The minimum atomic E-state index is 0.373. The van der Waals surface area contributed by atoms with Crippen LogP contribution in [0.1, 0.15) is 12.8 Å². The van der Waals surface area contributed by atoms with E-state index in [1.165, 1.54) is 11.3 Å². The zero-order valence-electron chi connectivity index (χ0n) is 6.46.